The Morgan fingerprint density at radius 1 is 1.22 bits per heavy atom. The molecular weight excluding hydrogens is 252 g/mol. The van der Waals surface area contributed by atoms with E-state index < -0.39 is 10.0 Å². The summed E-state index contributed by atoms with van der Waals surface area (Å²) >= 11 is 0. The van der Waals surface area contributed by atoms with Gasteiger partial charge in [0, 0.05) is 12.6 Å². The fourth-order valence-electron chi connectivity index (χ4n) is 2.98. The number of nitrogens with one attached hydrogen (secondary N) is 1. The third-order valence-electron chi connectivity index (χ3n) is 3.99. The molecule has 2 rings (SSSR count). The van der Waals surface area contributed by atoms with Crippen molar-refractivity contribution in [1.29, 1.82) is 0 Å². The molecule has 0 aromatic heterocycles. The van der Waals surface area contributed by atoms with Gasteiger partial charge in [-0.3, -0.25) is 0 Å². The summed E-state index contributed by atoms with van der Waals surface area (Å²) in [5.41, 5.74) is 0. The highest BCUT2D eigenvalue weighted by Crippen LogP contribution is 2.23. The molecule has 2 aliphatic heterocycles. The highest BCUT2D eigenvalue weighted by Gasteiger charge is 2.33. The molecule has 0 saturated carbocycles. The predicted molar refractivity (Wildman–Crippen MR) is 70.8 cm³/mol. The van der Waals surface area contributed by atoms with Crippen LogP contribution >= 0.6 is 0 Å². The molecule has 0 amide bonds. The van der Waals surface area contributed by atoms with E-state index in [4.69, 9.17) is 0 Å². The van der Waals surface area contributed by atoms with E-state index in [2.05, 4.69) is 5.32 Å². The van der Waals surface area contributed by atoms with Gasteiger partial charge in [-0.25, -0.2) is 8.42 Å². The zero-order valence-electron chi connectivity index (χ0n) is 10.8. The topological polar surface area (TPSA) is 69.6 Å². The molecule has 6 heteroatoms. The number of hydrogen-bond acceptors (Lipinski definition) is 4. The molecule has 2 aliphatic rings. The van der Waals surface area contributed by atoms with Crippen molar-refractivity contribution in [2.24, 2.45) is 5.92 Å². The second-order valence-corrected chi connectivity index (χ2v) is 7.40. The largest absolute Gasteiger partial charge is 0.395 e. The second kappa shape index (κ2) is 6.32. The van der Waals surface area contributed by atoms with Crippen molar-refractivity contribution in [1.82, 2.24) is 9.62 Å². The Labute approximate surface area is 110 Å². The van der Waals surface area contributed by atoms with Crippen LogP contribution in [0.15, 0.2) is 0 Å². The first-order chi connectivity index (χ1) is 8.63. The Bertz CT molecular complexity index is 352. The van der Waals surface area contributed by atoms with E-state index >= 15 is 0 Å². The van der Waals surface area contributed by atoms with Gasteiger partial charge < -0.3 is 10.4 Å². The standard InChI is InChI=1S/C12H24N2O3S/c15-9-12-5-1-2-7-14(12)18(16,17)10-11-4-3-6-13-8-11/h11-13,15H,1-10H2. The molecule has 106 valence electrons. The Morgan fingerprint density at radius 3 is 2.72 bits per heavy atom. The van der Waals surface area contributed by atoms with Crippen LogP contribution in [0.4, 0.5) is 0 Å². The van der Waals surface area contributed by atoms with Gasteiger partial charge in [0.1, 0.15) is 0 Å². The number of nitrogens with zero attached hydrogens (tertiary/aromatic N) is 1. The second-order valence-electron chi connectivity index (χ2n) is 5.43. The SMILES string of the molecule is O=S(=O)(CC1CCCNC1)N1CCCCC1CO. The highest BCUT2D eigenvalue weighted by molar-refractivity contribution is 7.89. The van der Waals surface area contributed by atoms with Crippen LogP contribution in [0.2, 0.25) is 0 Å². The molecule has 2 fully saturated rings. The normalized spacial score (nSPS) is 31.4. The zero-order valence-corrected chi connectivity index (χ0v) is 11.7. The molecule has 2 atom stereocenters. The number of aliphatic hydroxyl groups excluding tert-OH is 1. The quantitative estimate of drug-likeness (QED) is 0.767. The summed E-state index contributed by atoms with van der Waals surface area (Å²) in [6.07, 6.45) is 4.77. The molecule has 0 radical (unpaired) electrons. The first-order valence-electron chi connectivity index (χ1n) is 6.94. The van der Waals surface area contributed by atoms with Gasteiger partial charge in [0.25, 0.3) is 0 Å². The summed E-state index contributed by atoms with van der Waals surface area (Å²) in [7, 11) is -3.21. The van der Waals surface area contributed by atoms with Gasteiger partial charge in [0.2, 0.25) is 10.0 Å². The highest BCUT2D eigenvalue weighted by atomic mass is 32.2. The van der Waals surface area contributed by atoms with Crippen molar-refractivity contribution in [2.45, 2.75) is 38.1 Å². The number of hydrogen-bond donors (Lipinski definition) is 2. The Kier molecular flexibility index (Phi) is 5.00. The van der Waals surface area contributed by atoms with Crippen LogP contribution in [0.3, 0.4) is 0 Å². The average molecular weight is 276 g/mol. The van der Waals surface area contributed by atoms with E-state index in [1.54, 1.807) is 4.31 Å². The van der Waals surface area contributed by atoms with E-state index in [1.165, 1.54) is 0 Å². The summed E-state index contributed by atoms with van der Waals surface area (Å²) in [6, 6.07) is -0.194. The van der Waals surface area contributed by atoms with E-state index in [-0.39, 0.29) is 24.3 Å². The first kappa shape index (κ1) is 14.2. The van der Waals surface area contributed by atoms with Crippen LogP contribution in [0, 0.1) is 5.92 Å². The van der Waals surface area contributed by atoms with Crippen molar-refractivity contribution < 1.29 is 13.5 Å². The molecule has 2 heterocycles. The van der Waals surface area contributed by atoms with Crippen LogP contribution in [-0.4, -0.2) is 55.9 Å². The Balaban J connectivity index is 1.99. The predicted octanol–water partition coefficient (Wildman–Crippen LogP) is 0.163. The van der Waals surface area contributed by atoms with E-state index in [9.17, 15) is 13.5 Å². The van der Waals surface area contributed by atoms with Gasteiger partial charge in [0.15, 0.2) is 0 Å². The third-order valence-corrected chi connectivity index (χ3v) is 6.07. The van der Waals surface area contributed by atoms with Crippen LogP contribution in [-0.2, 0) is 10.0 Å². The minimum Gasteiger partial charge on any atom is -0.395 e. The van der Waals surface area contributed by atoms with Crippen molar-refractivity contribution >= 4 is 10.0 Å². The van der Waals surface area contributed by atoms with Gasteiger partial charge in [0.05, 0.1) is 12.4 Å². The Hall–Kier alpha value is -0.170. The lowest BCUT2D eigenvalue weighted by atomic mass is 10.0. The van der Waals surface area contributed by atoms with Gasteiger partial charge in [-0.1, -0.05) is 6.42 Å². The molecule has 2 unspecified atom stereocenters. The number of rotatable bonds is 4. The Morgan fingerprint density at radius 2 is 2.06 bits per heavy atom. The summed E-state index contributed by atoms with van der Waals surface area (Å²) < 4.78 is 26.4. The number of sulfonamides is 1. The monoisotopic (exact) mass is 276 g/mol. The van der Waals surface area contributed by atoms with Gasteiger partial charge >= 0.3 is 0 Å². The smallest absolute Gasteiger partial charge is 0.214 e. The molecular formula is C12H24N2O3S. The molecule has 2 saturated heterocycles. The lowest BCUT2D eigenvalue weighted by molar-refractivity contribution is 0.154. The number of piperidine rings is 2. The fraction of sp³-hybridized carbons (Fsp3) is 1.00. The summed E-state index contributed by atoms with van der Waals surface area (Å²) in [4.78, 5) is 0. The minimum absolute atomic E-state index is 0.0534. The lowest BCUT2D eigenvalue weighted by Gasteiger charge is -2.35. The van der Waals surface area contributed by atoms with Gasteiger partial charge in [-0.05, 0) is 44.7 Å². The van der Waals surface area contributed by atoms with Crippen LogP contribution in [0.25, 0.3) is 0 Å². The molecule has 0 aromatic rings. The maximum absolute atomic E-state index is 12.4. The number of aliphatic hydroxyl groups is 1. The average Bonchev–Trinajstić information content (AvgIpc) is 2.39. The molecule has 0 spiro atoms. The summed E-state index contributed by atoms with van der Waals surface area (Å²) in [5.74, 6) is 0.460. The first-order valence-corrected chi connectivity index (χ1v) is 8.55. The molecule has 18 heavy (non-hydrogen) atoms. The maximum Gasteiger partial charge on any atom is 0.214 e. The third kappa shape index (κ3) is 3.44. The molecule has 0 bridgehead atoms. The van der Waals surface area contributed by atoms with Crippen LogP contribution in [0.1, 0.15) is 32.1 Å². The zero-order chi connectivity index (χ0) is 13.0. The molecule has 0 aliphatic carbocycles. The minimum atomic E-state index is -3.21. The van der Waals surface area contributed by atoms with Crippen LogP contribution < -0.4 is 5.32 Å². The molecule has 5 nitrogen and oxygen atoms in total. The van der Waals surface area contributed by atoms with Crippen molar-refractivity contribution in [3.63, 3.8) is 0 Å². The molecule has 0 aromatic carbocycles. The van der Waals surface area contributed by atoms with E-state index in [1.807, 2.05) is 0 Å². The van der Waals surface area contributed by atoms with E-state index in [0.29, 0.717) is 6.54 Å². The van der Waals surface area contributed by atoms with E-state index in [0.717, 1.165) is 45.2 Å². The fourth-order valence-corrected chi connectivity index (χ4v) is 5.09. The maximum atomic E-state index is 12.4. The molecule has 2 N–H and O–H groups in total. The van der Waals surface area contributed by atoms with Crippen LogP contribution in [0.5, 0.6) is 0 Å². The lowest BCUT2D eigenvalue weighted by Crippen LogP contribution is -2.48. The summed E-state index contributed by atoms with van der Waals surface area (Å²) in [5, 5.41) is 12.6. The van der Waals surface area contributed by atoms with Gasteiger partial charge in [-0.15, -0.1) is 0 Å². The van der Waals surface area contributed by atoms with Crippen molar-refractivity contribution in [2.75, 3.05) is 32.0 Å². The van der Waals surface area contributed by atoms with Gasteiger partial charge in [-0.2, -0.15) is 4.31 Å². The van der Waals surface area contributed by atoms with Crippen molar-refractivity contribution in [3.8, 4) is 0 Å². The van der Waals surface area contributed by atoms with Crippen molar-refractivity contribution in [3.05, 3.63) is 0 Å². The summed E-state index contributed by atoms with van der Waals surface area (Å²) in [6.45, 7) is 2.33.